The van der Waals surface area contributed by atoms with Gasteiger partial charge in [0, 0.05) is 6.54 Å². The van der Waals surface area contributed by atoms with Gasteiger partial charge in [0.15, 0.2) is 17.3 Å². The van der Waals surface area contributed by atoms with E-state index in [2.05, 4.69) is 0 Å². The molecule has 7 nitrogen and oxygen atoms in total. The van der Waals surface area contributed by atoms with E-state index >= 15 is 0 Å². The standard InChI is InChI=1S/C26H35NO6/c1-16(28)21-4-5-22(30-2)24(31-3)23(21)33-15-20-14-27(6-7-32-20)25(29)26-11-17-8-18(12-26)10-19(9-17)13-26/h4-5,17-20H,6-15H2,1-3H3. The molecule has 7 heteroatoms. The Kier molecular flexibility index (Phi) is 6.02. The summed E-state index contributed by atoms with van der Waals surface area (Å²) < 4.78 is 22.9. The third kappa shape index (κ3) is 4.09. The fraction of sp³-hybridized carbons (Fsp3) is 0.692. The Morgan fingerprint density at radius 2 is 1.70 bits per heavy atom. The van der Waals surface area contributed by atoms with Crippen LogP contribution in [0.2, 0.25) is 0 Å². The lowest BCUT2D eigenvalue weighted by atomic mass is 9.49. The number of ether oxygens (including phenoxy) is 4. The van der Waals surface area contributed by atoms with E-state index in [1.165, 1.54) is 33.3 Å². The Morgan fingerprint density at radius 1 is 1.03 bits per heavy atom. The molecule has 0 aromatic heterocycles. The van der Waals surface area contributed by atoms with Crippen molar-refractivity contribution in [1.82, 2.24) is 4.90 Å². The number of Topliss-reactive ketones (excluding diaryl/α,β-unsaturated/α-hetero) is 1. The second-order valence-corrected chi connectivity index (χ2v) is 10.5. The van der Waals surface area contributed by atoms with Crippen molar-refractivity contribution in [2.75, 3.05) is 40.5 Å². The summed E-state index contributed by atoms with van der Waals surface area (Å²) in [6.45, 7) is 3.38. The Hall–Kier alpha value is -2.28. The van der Waals surface area contributed by atoms with E-state index in [1.54, 1.807) is 19.2 Å². The molecular formula is C26H35NO6. The van der Waals surface area contributed by atoms with Crippen molar-refractivity contribution >= 4 is 11.7 Å². The topological polar surface area (TPSA) is 74.3 Å². The van der Waals surface area contributed by atoms with Crippen molar-refractivity contribution in [1.29, 1.82) is 0 Å². The zero-order valence-electron chi connectivity index (χ0n) is 19.9. The van der Waals surface area contributed by atoms with E-state index < -0.39 is 0 Å². The molecule has 6 rings (SSSR count). The second kappa shape index (κ2) is 8.82. The molecule has 4 bridgehead atoms. The number of carbonyl (C=O) groups excluding carboxylic acids is 2. The molecule has 1 saturated heterocycles. The maximum absolute atomic E-state index is 13.7. The minimum absolute atomic E-state index is 0.117. The fourth-order valence-electron chi connectivity index (χ4n) is 7.21. The molecule has 0 N–H and O–H groups in total. The van der Waals surface area contributed by atoms with Gasteiger partial charge in [0.1, 0.15) is 12.7 Å². The normalized spacial score (nSPS) is 32.5. The van der Waals surface area contributed by atoms with Crippen LogP contribution in [0.5, 0.6) is 17.2 Å². The fourth-order valence-corrected chi connectivity index (χ4v) is 7.21. The zero-order valence-corrected chi connectivity index (χ0v) is 19.9. The first kappa shape index (κ1) is 22.5. The molecule has 33 heavy (non-hydrogen) atoms. The Morgan fingerprint density at radius 3 is 2.27 bits per heavy atom. The number of hydrogen-bond acceptors (Lipinski definition) is 6. The molecule has 5 aliphatic rings. The van der Waals surface area contributed by atoms with Gasteiger partial charge in [-0.15, -0.1) is 0 Å². The Bertz CT molecular complexity index is 892. The lowest BCUT2D eigenvalue weighted by Crippen LogP contribution is -2.58. The quantitative estimate of drug-likeness (QED) is 0.581. The molecular weight excluding hydrogens is 422 g/mol. The first-order valence-corrected chi connectivity index (χ1v) is 12.2. The van der Waals surface area contributed by atoms with Gasteiger partial charge in [0.2, 0.25) is 11.7 Å². The van der Waals surface area contributed by atoms with Crippen LogP contribution in [0, 0.1) is 23.2 Å². The van der Waals surface area contributed by atoms with Gasteiger partial charge in [-0.25, -0.2) is 0 Å². The van der Waals surface area contributed by atoms with Crippen LogP contribution >= 0.6 is 0 Å². The second-order valence-electron chi connectivity index (χ2n) is 10.5. The number of morpholine rings is 1. The maximum Gasteiger partial charge on any atom is 0.228 e. The molecule has 1 aromatic rings. The van der Waals surface area contributed by atoms with Crippen molar-refractivity contribution in [2.45, 2.75) is 51.6 Å². The van der Waals surface area contributed by atoms with Crippen LogP contribution in [-0.2, 0) is 9.53 Å². The molecule has 5 fully saturated rings. The van der Waals surface area contributed by atoms with E-state index in [1.807, 2.05) is 4.90 Å². The lowest BCUT2D eigenvalue weighted by molar-refractivity contribution is -0.165. The largest absolute Gasteiger partial charge is 0.493 e. The summed E-state index contributed by atoms with van der Waals surface area (Å²) in [5, 5.41) is 0. The van der Waals surface area contributed by atoms with Gasteiger partial charge in [-0.05, 0) is 75.3 Å². The van der Waals surface area contributed by atoms with Crippen LogP contribution < -0.4 is 14.2 Å². The predicted octanol–water partition coefficient (Wildman–Crippen LogP) is 3.73. The van der Waals surface area contributed by atoms with Crippen LogP contribution in [0.4, 0.5) is 0 Å². The number of rotatable bonds is 7. The van der Waals surface area contributed by atoms with Gasteiger partial charge in [-0.1, -0.05) is 0 Å². The highest BCUT2D eigenvalue weighted by atomic mass is 16.6. The number of carbonyl (C=O) groups is 2. The van der Waals surface area contributed by atoms with Gasteiger partial charge in [0.05, 0.1) is 38.3 Å². The van der Waals surface area contributed by atoms with Crippen LogP contribution in [0.15, 0.2) is 12.1 Å². The van der Waals surface area contributed by atoms with Crippen LogP contribution in [0.1, 0.15) is 55.8 Å². The highest BCUT2D eigenvalue weighted by Crippen LogP contribution is 2.60. The number of methoxy groups -OCH3 is 2. The number of benzene rings is 1. The zero-order chi connectivity index (χ0) is 23.2. The van der Waals surface area contributed by atoms with E-state index in [9.17, 15) is 9.59 Å². The Labute approximate surface area is 195 Å². The minimum Gasteiger partial charge on any atom is -0.493 e. The molecule has 180 valence electrons. The molecule has 1 heterocycles. The highest BCUT2D eigenvalue weighted by Gasteiger charge is 2.55. The molecule has 1 aliphatic heterocycles. The SMILES string of the molecule is COc1ccc(C(C)=O)c(OCC2CN(C(=O)C34CC5CC(CC(C5)C3)C4)CCO2)c1OC. The van der Waals surface area contributed by atoms with Crippen LogP contribution in [0.25, 0.3) is 0 Å². The predicted molar refractivity (Wildman–Crippen MR) is 122 cm³/mol. The van der Waals surface area contributed by atoms with Crippen molar-refractivity contribution in [2.24, 2.45) is 23.2 Å². The number of ketones is 1. The third-order valence-corrected chi connectivity index (χ3v) is 8.21. The van der Waals surface area contributed by atoms with Gasteiger partial charge < -0.3 is 23.8 Å². The van der Waals surface area contributed by atoms with E-state index in [0.29, 0.717) is 48.4 Å². The molecule has 1 amide bonds. The van der Waals surface area contributed by atoms with Gasteiger partial charge >= 0.3 is 0 Å². The summed E-state index contributed by atoms with van der Waals surface area (Å²) in [7, 11) is 3.07. The van der Waals surface area contributed by atoms with Crippen molar-refractivity contribution in [3.05, 3.63) is 17.7 Å². The van der Waals surface area contributed by atoms with Crippen molar-refractivity contribution in [3.8, 4) is 17.2 Å². The summed E-state index contributed by atoms with van der Waals surface area (Å²) in [5.41, 5.74) is 0.292. The molecule has 1 unspecified atom stereocenters. The number of amides is 1. The summed E-state index contributed by atoms with van der Waals surface area (Å²) in [5.74, 6) is 3.69. The van der Waals surface area contributed by atoms with Crippen molar-refractivity contribution < 1.29 is 28.5 Å². The summed E-state index contributed by atoms with van der Waals surface area (Å²) in [4.78, 5) is 27.9. The first-order chi connectivity index (χ1) is 15.9. The summed E-state index contributed by atoms with van der Waals surface area (Å²) >= 11 is 0. The third-order valence-electron chi connectivity index (χ3n) is 8.21. The summed E-state index contributed by atoms with van der Waals surface area (Å²) in [6.07, 6.45) is 6.93. The smallest absolute Gasteiger partial charge is 0.228 e. The Balaban J connectivity index is 1.28. The monoisotopic (exact) mass is 457 g/mol. The lowest BCUT2D eigenvalue weighted by Gasteiger charge is -2.57. The summed E-state index contributed by atoms with van der Waals surface area (Å²) in [6, 6.07) is 3.38. The average Bonchev–Trinajstić information content (AvgIpc) is 2.80. The van der Waals surface area contributed by atoms with E-state index in [-0.39, 0.29) is 23.9 Å². The van der Waals surface area contributed by atoms with Crippen LogP contribution in [-0.4, -0.2) is 63.2 Å². The molecule has 1 atom stereocenters. The molecule has 4 saturated carbocycles. The van der Waals surface area contributed by atoms with Crippen LogP contribution in [0.3, 0.4) is 0 Å². The van der Waals surface area contributed by atoms with Gasteiger partial charge in [-0.2, -0.15) is 0 Å². The number of nitrogens with zero attached hydrogens (tertiary/aromatic N) is 1. The number of hydrogen-bond donors (Lipinski definition) is 0. The van der Waals surface area contributed by atoms with E-state index in [4.69, 9.17) is 18.9 Å². The molecule has 1 aromatic carbocycles. The van der Waals surface area contributed by atoms with Gasteiger partial charge in [0.25, 0.3) is 0 Å². The van der Waals surface area contributed by atoms with Crippen molar-refractivity contribution in [3.63, 3.8) is 0 Å². The maximum atomic E-state index is 13.7. The highest BCUT2D eigenvalue weighted by molar-refractivity contribution is 5.98. The minimum atomic E-state index is -0.257. The first-order valence-electron chi connectivity index (χ1n) is 12.2. The van der Waals surface area contributed by atoms with E-state index in [0.717, 1.165) is 37.0 Å². The molecule has 0 spiro atoms. The molecule has 4 aliphatic carbocycles. The van der Waals surface area contributed by atoms with Gasteiger partial charge in [-0.3, -0.25) is 9.59 Å². The average molecular weight is 458 g/mol. The molecule has 0 radical (unpaired) electrons.